The summed E-state index contributed by atoms with van der Waals surface area (Å²) in [5, 5.41) is 2.86. The zero-order valence-electron chi connectivity index (χ0n) is 13.4. The quantitative estimate of drug-likeness (QED) is 0.631. The van der Waals surface area contributed by atoms with Crippen LogP contribution in [0.1, 0.15) is 23.1 Å². The standard InChI is InChI=1S/C20H19NOS/c1-13-5-7-17-15(10-13)4-3-9-21(17)18-12-23-19-8-6-14(2)11-16(19)20(18)22/h5-8,10-12H,3-4,9H2,1-2H3. The van der Waals surface area contributed by atoms with Gasteiger partial charge in [0.2, 0.25) is 5.43 Å². The molecule has 0 fully saturated rings. The number of fused-ring (bicyclic) bond motifs is 2. The maximum Gasteiger partial charge on any atom is 0.211 e. The van der Waals surface area contributed by atoms with Crippen LogP contribution in [-0.4, -0.2) is 6.54 Å². The number of hydrogen-bond acceptors (Lipinski definition) is 3. The summed E-state index contributed by atoms with van der Waals surface area (Å²) in [4.78, 5) is 15.2. The highest BCUT2D eigenvalue weighted by atomic mass is 32.1. The lowest BCUT2D eigenvalue weighted by atomic mass is 9.99. The van der Waals surface area contributed by atoms with Crippen LogP contribution in [0.5, 0.6) is 0 Å². The van der Waals surface area contributed by atoms with Crippen molar-refractivity contribution in [3.05, 3.63) is 68.7 Å². The number of nitrogens with zero attached hydrogens (tertiary/aromatic N) is 1. The first kappa shape index (κ1) is 14.5. The van der Waals surface area contributed by atoms with E-state index in [1.54, 1.807) is 11.3 Å². The van der Waals surface area contributed by atoms with Crippen molar-refractivity contribution >= 4 is 32.8 Å². The van der Waals surface area contributed by atoms with E-state index < -0.39 is 0 Å². The summed E-state index contributed by atoms with van der Waals surface area (Å²) in [5.74, 6) is 0. The Morgan fingerprint density at radius 3 is 2.65 bits per heavy atom. The Hall–Kier alpha value is -2.13. The van der Waals surface area contributed by atoms with Crippen molar-refractivity contribution in [1.29, 1.82) is 0 Å². The number of anilines is 2. The third-order valence-electron chi connectivity index (χ3n) is 4.55. The van der Waals surface area contributed by atoms with E-state index in [-0.39, 0.29) is 5.43 Å². The zero-order valence-corrected chi connectivity index (χ0v) is 14.2. The fourth-order valence-corrected chi connectivity index (χ4v) is 4.30. The molecule has 1 aromatic heterocycles. The van der Waals surface area contributed by atoms with Gasteiger partial charge in [-0.1, -0.05) is 29.3 Å². The van der Waals surface area contributed by atoms with Gasteiger partial charge in [0.05, 0.1) is 5.69 Å². The molecule has 0 aliphatic carbocycles. The predicted molar refractivity (Wildman–Crippen MR) is 99.3 cm³/mol. The predicted octanol–water partition coefficient (Wildman–Crippen LogP) is 4.96. The van der Waals surface area contributed by atoms with Crippen molar-refractivity contribution in [3.8, 4) is 0 Å². The summed E-state index contributed by atoms with van der Waals surface area (Å²) in [5.41, 5.74) is 5.93. The molecule has 1 aliphatic heterocycles. The molecule has 23 heavy (non-hydrogen) atoms. The fourth-order valence-electron chi connectivity index (χ4n) is 3.40. The topological polar surface area (TPSA) is 20.3 Å². The molecule has 2 aromatic carbocycles. The minimum atomic E-state index is 0.149. The van der Waals surface area contributed by atoms with Gasteiger partial charge >= 0.3 is 0 Å². The van der Waals surface area contributed by atoms with Crippen LogP contribution in [0.25, 0.3) is 10.1 Å². The van der Waals surface area contributed by atoms with E-state index in [1.165, 1.54) is 16.8 Å². The van der Waals surface area contributed by atoms with Gasteiger partial charge in [-0.05, 0) is 50.5 Å². The van der Waals surface area contributed by atoms with Crippen molar-refractivity contribution in [2.75, 3.05) is 11.4 Å². The third kappa shape index (κ3) is 2.45. The van der Waals surface area contributed by atoms with E-state index in [0.717, 1.165) is 40.7 Å². The molecule has 0 atom stereocenters. The van der Waals surface area contributed by atoms with Crippen molar-refractivity contribution in [2.24, 2.45) is 0 Å². The molecule has 2 heterocycles. The molecular weight excluding hydrogens is 302 g/mol. The maximum atomic E-state index is 13.0. The van der Waals surface area contributed by atoms with Crippen LogP contribution in [0.2, 0.25) is 0 Å². The van der Waals surface area contributed by atoms with Gasteiger partial charge in [-0.15, -0.1) is 11.3 Å². The average Bonchev–Trinajstić information content (AvgIpc) is 2.55. The Balaban J connectivity index is 1.91. The fraction of sp³-hybridized carbons (Fsp3) is 0.250. The van der Waals surface area contributed by atoms with E-state index >= 15 is 0 Å². The lowest BCUT2D eigenvalue weighted by Crippen LogP contribution is -2.28. The maximum absolute atomic E-state index is 13.0. The molecule has 2 nitrogen and oxygen atoms in total. The van der Waals surface area contributed by atoms with E-state index in [4.69, 9.17) is 0 Å². The first-order valence-electron chi connectivity index (χ1n) is 8.03. The van der Waals surface area contributed by atoms with Crippen molar-refractivity contribution in [3.63, 3.8) is 0 Å². The summed E-state index contributed by atoms with van der Waals surface area (Å²) < 4.78 is 1.06. The van der Waals surface area contributed by atoms with Crippen molar-refractivity contribution in [2.45, 2.75) is 26.7 Å². The lowest BCUT2D eigenvalue weighted by molar-refractivity contribution is 0.765. The van der Waals surface area contributed by atoms with Crippen molar-refractivity contribution < 1.29 is 0 Å². The Morgan fingerprint density at radius 2 is 1.78 bits per heavy atom. The number of benzene rings is 2. The molecule has 3 aromatic rings. The minimum absolute atomic E-state index is 0.149. The van der Waals surface area contributed by atoms with Gasteiger partial charge in [0, 0.05) is 27.7 Å². The van der Waals surface area contributed by atoms with E-state index in [2.05, 4.69) is 36.1 Å². The normalized spacial score (nSPS) is 14.1. The number of rotatable bonds is 1. The second-order valence-electron chi connectivity index (χ2n) is 6.34. The molecule has 3 heteroatoms. The van der Waals surface area contributed by atoms with Crippen molar-refractivity contribution in [1.82, 2.24) is 0 Å². The number of aryl methyl sites for hydroxylation is 3. The van der Waals surface area contributed by atoms with Gasteiger partial charge < -0.3 is 4.90 Å². The monoisotopic (exact) mass is 321 g/mol. The first-order valence-corrected chi connectivity index (χ1v) is 8.91. The van der Waals surface area contributed by atoms with Gasteiger partial charge in [0.25, 0.3) is 0 Å². The highest BCUT2D eigenvalue weighted by molar-refractivity contribution is 7.16. The summed E-state index contributed by atoms with van der Waals surface area (Å²) in [6.07, 6.45) is 2.18. The van der Waals surface area contributed by atoms with Gasteiger partial charge in [-0.3, -0.25) is 4.79 Å². The van der Waals surface area contributed by atoms with Crippen LogP contribution in [0, 0.1) is 13.8 Å². The van der Waals surface area contributed by atoms with Crippen LogP contribution in [0.15, 0.2) is 46.6 Å². The van der Waals surface area contributed by atoms with Gasteiger partial charge in [-0.25, -0.2) is 0 Å². The molecule has 0 bridgehead atoms. The van der Waals surface area contributed by atoms with Crippen LogP contribution < -0.4 is 10.3 Å². The first-order chi connectivity index (χ1) is 11.1. The van der Waals surface area contributed by atoms with Gasteiger partial charge in [0.1, 0.15) is 0 Å². The Bertz CT molecular complexity index is 958. The Kier molecular flexibility index (Phi) is 3.46. The number of hydrogen-bond donors (Lipinski definition) is 0. The molecule has 0 saturated heterocycles. The van der Waals surface area contributed by atoms with Crippen LogP contribution in [-0.2, 0) is 6.42 Å². The molecule has 0 saturated carbocycles. The molecular formula is C20H19NOS. The molecule has 0 amide bonds. The van der Waals surface area contributed by atoms with Gasteiger partial charge in [0.15, 0.2) is 0 Å². The van der Waals surface area contributed by atoms with Crippen LogP contribution in [0.3, 0.4) is 0 Å². The average molecular weight is 321 g/mol. The third-order valence-corrected chi connectivity index (χ3v) is 5.51. The minimum Gasteiger partial charge on any atom is -0.337 e. The highest BCUT2D eigenvalue weighted by Gasteiger charge is 2.21. The Labute approximate surface area is 140 Å². The van der Waals surface area contributed by atoms with E-state index in [1.807, 2.05) is 24.4 Å². The molecule has 0 radical (unpaired) electrons. The van der Waals surface area contributed by atoms with Gasteiger partial charge in [-0.2, -0.15) is 0 Å². The smallest absolute Gasteiger partial charge is 0.211 e. The summed E-state index contributed by atoms with van der Waals surface area (Å²) in [6, 6.07) is 12.7. The van der Waals surface area contributed by atoms with Crippen LogP contribution in [0.4, 0.5) is 11.4 Å². The SMILES string of the molecule is Cc1ccc2c(c1)CCCN2c1csc2ccc(C)cc2c1=O. The molecule has 0 spiro atoms. The molecule has 116 valence electrons. The summed E-state index contributed by atoms with van der Waals surface area (Å²) >= 11 is 1.66. The second kappa shape index (κ2) is 5.50. The van der Waals surface area contributed by atoms with E-state index in [9.17, 15) is 4.79 Å². The summed E-state index contributed by atoms with van der Waals surface area (Å²) in [6.45, 7) is 5.07. The highest BCUT2D eigenvalue weighted by Crippen LogP contribution is 2.34. The van der Waals surface area contributed by atoms with E-state index in [0.29, 0.717) is 0 Å². The zero-order chi connectivity index (χ0) is 16.0. The van der Waals surface area contributed by atoms with Crippen LogP contribution >= 0.6 is 11.3 Å². The largest absolute Gasteiger partial charge is 0.337 e. The lowest BCUT2D eigenvalue weighted by Gasteiger charge is -2.31. The molecule has 4 rings (SSSR count). The molecule has 0 N–H and O–H groups in total. The second-order valence-corrected chi connectivity index (χ2v) is 7.25. The Morgan fingerprint density at radius 1 is 1.00 bits per heavy atom. The molecule has 1 aliphatic rings. The molecule has 0 unspecified atom stereocenters. The summed E-state index contributed by atoms with van der Waals surface area (Å²) in [7, 11) is 0.